The monoisotopic (exact) mass is 518 g/mol. The van der Waals surface area contributed by atoms with Gasteiger partial charge in [-0.25, -0.2) is 9.18 Å². The van der Waals surface area contributed by atoms with Gasteiger partial charge in [-0.3, -0.25) is 9.59 Å². The van der Waals surface area contributed by atoms with Crippen molar-refractivity contribution in [1.82, 2.24) is 10.2 Å². The number of rotatable bonds is 6. The van der Waals surface area contributed by atoms with Crippen LogP contribution in [0.15, 0.2) is 51.7 Å². The fourth-order valence-electron chi connectivity index (χ4n) is 4.34. The Morgan fingerprint density at radius 2 is 2.00 bits per heavy atom. The summed E-state index contributed by atoms with van der Waals surface area (Å²) in [7, 11) is 0. The molecule has 10 heteroatoms. The van der Waals surface area contributed by atoms with E-state index in [4.69, 9.17) is 27.6 Å². The van der Waals surface area contributed by atoms with Gasteiger partial charge in [0.15, 0.2) is 0 Å². The van der Waals surface area contributed by atoms with Crippen molar-refractivity contribution in [2.45, 2.75) is 24.8 Å². The molecule has 3 aromatic rings. The number of hydrogen-bond donors (Lipinski definition) is 1. The Kier molecular flexibility index (Phi) is 7.52. The van der Waals surface area contributed by atoms with Gasteiger partial charge < -0.3 is 19.4 Å². The number of hydrogen-bond acceptors (Lipinski definition) is 5. The number of carbonyl (C=O) groups excluding carboxylic acids is 3. The number of aldehydes is 1. The number of fused-ring (bicyclic) bond motifs is 1. The van der Waals surface area contributed by atoms with Gasteiger partial charge in [-0.1, -0.05) is 23.7 Å². The van der Waals surface area contributed by atoms with Crippen LogP contribution < -0.4 is 10.9 Å². The van der Waals surface area contributed by atoms with Gasteiger partial charge in [0, 0.05) is 41.7 Å². The van der Waals surface area contributed by atoms with Crippen molar-refractivity contribution in [3.05, 3.63) is 69.3 Å². The van der Waals surface area contributed by atoms with Crippen LogP contribution in [0.5, 0.6) is 0 Å². The van der Waals surface area contributed by atoms with Crippen molar-refractivity contribution < 1.29 is 23.2 Å². The summed E-state index contributed by atoms with van der Waals surface area (Å²) in [5, 5.41) is 3.42. The summed E-state index contributed by atoms with van der Waals surface area (Å²) in [5.41, 5.74) is 0.745. The van der Waals surface area contributed by atoms with Crippen molar-refractivity contribution >= 4 is 52.3 Å². The summed E-state index contributed by atoms with van der Waals surface area (Å²) < 4.78 is 18.9. The van der Waals surface area contributed by atoms with Crippen molar-refractivity contribution in [3.8, 4) is 11.1 Å². The standard InChI is InChI=1S/C25H21Cl2FN2O5/c26-11-23(32)29-16-2-1-7-30(12-16)25(34)20(13-31)14-3-5-18-19(10-24(33)35-22(18)8-14)17-6-4-15(28)9-21(17)27/h3-6,8-10,13,16,20H,1-2,7,11-12H2,(H,29,32)/t16-,20?/m0/s1. The van der Waals surface area contributed by atoms with Crippen molar-refractivity contribution in [1.29, 1.82) is 0 Å². The molecular formula is C25H21Cl2FN2O5. The average molecular weight is 519 g/mol. The van der Waals surface area contributed by atoms with Crippen molar-refractivity contribution in [2.75, 3.05) is 19.0 Å². The maximum absolute atomic E-state index is 13.5. The van der Waals surface area contributed by atoms with Crippen molar-refractivity contribution in [2.24, 2.45) is 0 Å². The number of halogens is 3. The molecule has 0 saturated carbocycles. The smallest absolute Gasteiger partial charge is 0.336 e. The molecular weight excluding hydrogens is 498 g/mol. The van der Waals surface area contributed by atoms with E-state index < -0.39 is 23.3 Å². The summed E-state index contributed by atoms with van der Waals surface area (Å²) in [6.07, 6.45) is 1.91. The molecule has 1 fully saturated rings. The molecule has 1 aliphatic rings. The normalized spacial score (nSPS) is 16.7. The second-order valence-corrected chi connectivity index (χ2v) is 8.97. The first-order valence-corrected chi connectivity index (χ1v) is 11.8. The number of amides is 2. The first-order valence-electron chi connectivity index (χ1n) is 10.9. The Morgan fingerprint density at radius 3 is 2.71 bits per heavy atom. The van der Waals surface area contributed by atoms with Crippen LogP contribution in [0, 0.1) is 5.82 Å². The van der Waals surface area contributed by atoms with Gasteiger partial charge in [-0.2, -0.15) is 0 Å². The molecule has 0 radical (unpaired) electrons. The van der Waals surface area contributed by atoms with E-state index in [-0.39, 0.29) is 35.0 Å². The van der Waals surface area contributed by atoms with E-state index in [0.29, 0.717) is 47.7 Å². The predicted molar refractivity (Wildman–Crippen MR) is 130 cm³/mol. The molecule has 2 amide bonds. The minimum atomic E-state index is -1.12. The number of carbonyl (C=O) groups is 3. The van der Waals surface area contributed by atoms with Gasteiger partial charge in [-0.15, -0.1) is 11.6 Å². The lowest BCUT2D eigenvalue weighted by atomic mass is 9.94. The first-order chi connectivity index (χ1) is 16.8. The van der Waals surface area contributed by atoms with E-state index in [1.165, 1.54) is 29.2 Å². The molecule has 35 heavy (non-hydrogen) atoms. The predicted octanol–water partition coefficient (Wildman–Crippen LogP) is 3.88. The molecule has 1 saturated heterocycles. The van der Waals surface area contributed by atoms with E-state index in [1.54, 1.807) is 12.1 Å². The minimum Gasteiger partial charge on any atom is -0.423 e. The van der Waals surface area contributed by atoms with Gasteiger partial charge in [-0.05, 0) is 42.7 Å². The Balaban J connectivity index is 1.66. The van der Waals surface area contributed by atoms with Crippen LogP contribution in [0.2, 0.25) is 5.02 Å². The van der Waals surface area contributed by atoms with E-state index in [2.05, 4.69) is 5.32 Å². The number of likely N-dealkylation sites (tertiary alicyclic amines) is 1. The van der Waals surface area contributed by atoms with Gasteiger partial charge in [0.1, 0.15) is 29.5 Å². The van der Waals surface area contributed by atoms with E-state index in [9.17, 15) is 23.6 Å². The molecule has 0 spiro atoms. The van der Waals surface area contributed by atoms with Gasteiger partial charge in [0.2, 0.25) is 11.8 Å². The zero-order valence-corrected chi connectivity index (χ0v) is 19.9. The van der Waals surface area contributed by atoms with Crippen LogP contribution >= 0.6 is 23.2 Å². The highest BCUT2D eigenvalue weighted by Gasteiger charge is 2.30. The maximum Gasteiger partial charge on any atom is 0.336 e. The molecule has 0 aliphatic carbocycles. The molecule has 2 heterocycles. The Hall–Kier alpha value is -3.23. The Bertz CT molecular complexity index is 1360. The largest absolute Gasteiger partial charge is 0.423 e. The third kappa shape index (κ3) is 5.39. The zero-order valence-electron chi connectivity index (χ0n) is 18.4. The molecule has 1 unspecified atom stereocenters. The van der Waals surface area contributed by atoms with Crippen LogP contribution in [0.3, 0.4) is 0 Å². The number of alkyl halides is 1. The molecule has 4 rings (SSSR count). The van der Waals surface area contributed by atoms with Crippen molar-refractivity contribution in [3.63, 3.8) is 0 Å². The molecule has 2 atom stereocenters. The summed E-state index contributed by atoms with van der Waals surface area (Å²) >= 11 is 11.8. The molecule has 1 N–H and O–H groups in total. The van der Waals surface area contributed by atoms with Crippen LogP contribution in [0.1, 0.15) is 24.3 Å². The average Bonchev–Trinajstić information content (AvgIpc) is 2.84. The molecule has 182 valence electrons. The summed E-state index contributed by atoms with van der Waals surface area (Å²) in [6, 6.07) is 9.57. The summed E-state index contributed by atoms with van der Waals surface area (Å²) in [6.45, 7) is 0.716. The fourth-order valence-corrected chi connectivity index (χ4v) is 4.69. The number of nitrogens with zero attached hydrogens (tertiary/aromatic N) is 1. The van der Waals surface area contributed by atoms with Gasteiger partial charge in [0.05, 0.1) is 5.02 Å². The topological polar surface area (TPSA) is 96.7 Å². The lowest BCUT2D eigenvalue weighted by Crippen LogP contribution is -2.51. The minimum absolute atomic E-state index is 0.128. The zero-order chi connectivity index (χ0) is 25.1. The highest BCUT2D eigenvalue weighted by atomic mass is 35.5. The van der Waals surface area contributed by atoms with E-state index >= 15 is 0 Å². The SMILES string of the molecule is O=CC(C(=O)N1CCC[C@H](NC(=O)CCl)C1)c1ccc2c(-c3ccc(F)cc3Cl)cc(=O)oc2c1. The second kappa shape index (κ2) is 10.6. The molecule has 1 aliphatic heterocycles. The van der Waals surface area contributed by atoms with E-state index in [1.807, 2.05) is 0 Å². The fraction of sp³-hybridized carbons (Fsp3) is 0.280. The number of piperidine rings is 1. The molecule has 0 bridgehead atoms. The van der Waals surface area contributed by atoms with Crippen LogP contribution in [0.4, 0.5) is 4.39 Å². The first kappa shape index (κ1) is 24.9. The number of nitrogens with one attached hydrogen (secondary N) is 1. The molecule has 2 aromatic carbocycles. The maximum atomic E-state index is 13.5. The van der Waals surface area contributed by atoms with Gasteiger partial charge >= 0.3 is 5.63 Å². The molecule has 7 nitrogen and oxygen atoms in total. The van der Waals surface area contributed by atoms with Gasteiger partial charge in [0.25, 0.3) is 0 Å². The second-order valence-electron chi connectivity index (χ2n) is 8.30. The summed E-state index contributed by atoms with van der Waals surface area (Å²) in [5.74, 6) is -2.54. The third-order valence-electron chi connectivity index (χ3n) is 5.97. The Labute approximate surface area is 209 Å². The highest BCUT2D eigenvalue weighted by Crippen LogP contribution is 2.34. The third-order valence-corrected chi connectivity index (χ3v) is 6.53. The quantitative estimate of drug-likeness (QED) is 0.231. The number of benzene rings is 2. The van der Waals surface area contributed by atoms with Crippen LogP contribution in [0.25, 0.3) is 22.1 Å². The Morgan fingerprint density at radius 1 is 1.20 bits per heavy atom. The van der Waals surface area contributed by atoms with Crippen LogP contribution in [-0.2, 0) is 14.4 Å². The highest BCUT2D eigenvalue weighted by molar-refractivity contribution is 6.33. The van der Waals surface area contributed by atoms with E-state index in [0.717, 1.165) is 6.07 Å². The lowest BCUT2D eigenvalue weighted by molar-refractivity contribution is -0.136. The lowest BCUT2D eigenvalue weighted by Gasteiger charge is -2.34. The summed E-state index contributed by atoms with van der Waals surface area (Å²) in [4.78, 5) is 50.6. The van der Waals surface area contributed by atoms with Crippen LogP contribution in [-0.4, -0.2) is 48.0 Å². The molecule has 1 aromatic heterocycles.